The highest BCUT2D eigenvalue weighted by Crippen LogP contribution is 2.12. The SMILES string of the molecule is CC(=O)c1cccc(S(=O)(=O)NCCN2CCCCC2)c1. The quantitative estimate of drug-likeness (QED) is 0.811. The molecule has 1 fully saturated rings. The third-order valence-corrected chi connectivity index (χ3v) is 5.18. The molecule has 1 saturated heterocycles. The number of ketones is 1. The Labute approximate surface area is 126 Å². The Morgan fingerprint density at radius 2 is 1.95 bits per heavy atom. The molecule has 1 aliphatic rings. The highest BCUT2D eigenvalue weighted by Gasteiger charge is 2.16. The summed E-state index contributed by atoms with van der Waals surface area (Å²) in [7, 11) is -3.55. The molecule has 1 aromatic carbocycles. The molecule has 0 aromatic heterocycles. The molecule has 0 unspecified atom stereocenters. The number of hydrogen-bond acceptors (Lipinski definition) is 4. The summed E-state index contributed by atoms with van der Waals surface area (Å²) < 4.78 is 27.0. The van der Waals surface area contributed by atoms with E-state index < -0.39 is 10.0 Å². The third kappa shape index (κ3) is 4.62. The van der Waals surface area contributed by atoms with Gasteiger partial charge in [-0.05, 0) is 45.0 Å². The van der Waals surface area contributed by atoms with Crippen molar-refractivity contribution >= 4 is 15.8 Å². The number of hydrogen-bond donors (Lipinski definition) is 1. The molecule has 5 nitrogen and oxygen atoms in total. The first-order chi connectivity index (χ1) is 9.99. The van der Waals surface area contributed by atoms with E-state index in [1.807, 2.05) is 0 Å². The maximum Gasteiger partial charge on any atom is 0.240 e. The van der Waals surface area contributed by atoms with Crippen LogP contribution in [0.1, 0.15) is 36.5 Å². The fourth-order valence-electron chi connectivity index (χ4n) is 2.49. The molecule has 1 aliphatic heterocycles. The normalized spacial score (nSPS) is 16.8. The number of sulfonamides is 1. The Bertz CT molecular complexity index is 593. The van der Waals surface area contributed by atoms with Crippen LogP contribution in [0.2, 0.25) is 0 Å². The second-order valence-corrected chi connectivity index (χ2v) is 7.15. The number of rotatable bonds is 6. The molecule has 0 atom stereocenters. The molecular weight excluding hydrogens is 288 g/mol. The molecule has 0 saturated carbocycles. The van der Waals surface area contributed by atoms with Gasteiger partial charge in [-0.3, -0.25) is 4.79 Å². The molecule has 0 amide bonds. The van der Waals surface area contributed by atoms with E-state index in [4.69, 9.17) is 0 Å². The van der Waals surface area contributed by atoms with Gasteiger partial charge in [0.15, 0.2) is 5.78 Å². The van der Waals surface area contributed by atoms with Crippen LogP contribution in [0.3, 0.4) is 0 Å². The lowest BCUT2D eigenvalue weighted by atomic mass is 10.1. The minimum atomic E-state index is -3.55. The number of piperidine rings is 1. The van der Waals surface area contributed by atoms with E-state index in [0.29, 0.717) is 12.1 Å². The molecular formula is C15H22N2O3S. The molecule has 6 heteroatoms. The monoisotopic (exact) mass is 310 g/mol. The van der Waals surface area contributed by atoms with Crippen molar-refractivity contribution in [1.29, 1.82) is 0 Å². The van der Waals surface area contributed by atoms with Crippen LogP contribution in [-0.2, 0) is 10.0 Å². The highest BCUT2D eigenvalue weighted by molar-refractivity contribution is 7.89. The fraction of sp³-hybridized carbons (Fsp3) is 0.533. The van der Waals surface area contributed by atoms with E-state index >= 15 is 0 Å². The summed E-state index contributed by atoms with van der Waals surface area (Å²) in [6.45, 7) is 4.64. The molecule has 0 spiro atoms. The Kier molecular flexibility index (Phi) is 5.50. The van der Waals surface area contributed by atoms with Gasteiger partial charge in [-0.25, -0.2) is 13.1 Å². The van der Waals surface area contributed by atoms with E-state index in [-0.39, 0.29) is 10.7 Å². The highest BCUT2D eigenvalue weighted by atomic mass is 32.2. The van der Waals surface area contributed by atoms with Gasteiger partial charge in [0.2, 0.25) is 10.0 Å². The summed E-state index contributed by atoms with van der Waals surface area (Å²) in [6, 6.07) is 6.15. The molecule has 0 bridgehead atoms. The Morgan fingerprint density at radius 3 is 2.62 bits per heavy atom. The molecule has 21 heavy (non-hydrogen) atoms. The van der Waals surface area contributed by atoms with Crippen molar-refractivity contribution in [3.05, 3.63) is 29.8 Å². The minimum absolute atomic E-state index is 0.139. The van der Waals surface area contributed by atoms with Crippen LogP contribution in [0.4, 0.5) is 0 Å². The van der Waals surface area contributed by atoms with Gasteiger partial charge in [-0.1, -0.05) is 18.6 Å². The number of carbonyl (C=O) groups is 1. The van der Waals surface area contributed by atoms with E-state index in [9.17, 15) is 13.2 Å². The first-order valence-corrected chi connectivity index (χ1v) is 8.80. The van der Waals surface area contributed by atoms with Crippen molar-refractivity contribution in [1.82, 2.24) is 9.62 Å². The van der Waals surface area contributed by atoms with Crippen molar-refractivity contribution in [2.45, 2.75) is 31.1 Å². The van der Waals surface area contributed by atoms with Crippen LogP contribution < -0.4 is 4.72 Å². The largest absolute Gasteiger partial charge is 0.302 e. The molecule has 116 valence electrons. The molecule has 1 heterocycles. The predicted molar refractivity (Wildman–Crippen MR) is 81.9 cm³/mol. The number of likely N-dealkylation sites (tertiary alicyclic amines) is 1. The number of nitrogens with zero attached hydrogens (tertiary/aromatic N) is 1. The average Bonchev–Trinajstić information content (AvgIpc) is 2.48. The zero-order chi connectivity index (χ0) is 15.3. The number of Topliss-reactive ketones (excluding diaryl/α,β-unsaturated/α-hetero) is 1. The molecule has 0 aliphatic carbocycles. The van der Waals surface area contributed by atoms with Gasteiger partial charge in [0.05, 0.1) is 4.90 Å². The first kappa shape index (κ1) is 16.1. The summed E-state index contributed by atoms with van der Waals surface area (Å²) in [4.78, 5) is 13.7. The van der Waals surface area contributed by atoms with Crippen molar-refractivity contribution in [3.8, 4) is 0 Å². The summed E-state index contributed by atoms with van der Waals surface area (Å²) in [5.74, 6) is -0.139. The lowest BCUT2D eigenvalue weighted by Gasteiger charge is -2.26. The average molecular weight is 310 g/mol. The van der Waals surface area contributed by atoms with E-state index in [1.54, 1.807) is 12.1 Å². The Balaban J connectivity index is 1.94. The fourth-order valence-corrected chi connectivity index (χ4v) is 3.55. The van der Waals surface area contributed by atoms with Gasteiger partial charge >= 0.3 is 0 Å². The topological polar surface area (TPSA) is 66.5 Å². The molecule has 0 radical (unpaired) electrons. The Hall–Kier alpha value is -1.24. The van der Waals surface area contributed by atoms with Gasteiger partial charge in [0.25, 0.3) is 0 Å². The predicted octanol–water partition coefficient (Wildman–Crippen LogP) is 1.65. The lowest BCUT2D eigenvalue weighted by molar-refractivity contribution is 0.101. The summed E-state index contributed by atoms with van der Waals surface area (Å²) in [5.41, 5.74) is 0.411. The van der Waals surface area contributed by atoms with E-state index in [0.717, 1.165) is 19.6 Å². The maximum atomic E-state index is 12.2. The molecule has 1 N–H and O–H groups in total. The zero-order valence-electron chi connectivity index (χ0n) is 12.3. The van der Waals surface area contributed by atoms with Crippen molar-refractivity contribution in [3.63, 3.8) is 0 Å². The van der Waals surface area contributed by atoms with Gasteiger partial charge in [0, 0.05) is 18.7 Å². The summed E-state index contributed by atoms with van der Waals surface area (Å²) in [6.07, 6.45) is 3.64. The number of benzene rings is 1. The smallest absolute Gasteiger partial charge is 0.240 e. The van der Waals surface area contributed by atoms with Crippen molar-refractivity contribution in [2.75, 3.05) is 26.2 Å². The second-order valence-electron chi connectivity index (χ2n) is 5.38. The molecule has 2 rings (SSSR count). The van der Waals surface area contributed by atoms with E-state index in [1.165, 1.54) is 38.3 Å². The lowest BCUT2D eigenvalue weighted by Crippen LogP contribution is -2.37. The zero-order valence-corrected chi connectivity index (χ0v) is 13.2. The van der Waals surface area contributed by atoms with Crippen LogP contribution in [0.5, 0.6) is 0 Å². The summed E-state index contributed by atoms with van der Waals surface area (Å²) in [5, 5.41) is 0. The van der Waals surface area contributed by atoms with Crippen molar-refractivity contribution in [2.24, 2.45) is 0 Å². The van der Waals surface area contributed by atoms with Crippen molar-refractivity contribution < 1.29 is 13.2 Å². The summed E-state index contributed by atoms with van der Waals surface area (Å²) >= 11 is 0. The van der Waals surface area contributed by atoms with Crippen LogP contribution >= 0.6 is 0 Å². The standard InChI is InChI=1S/C15H22N2O3S/c1-13(18)14-6-5-7-15(12-14)21(19,20)16-8-11-17-9-3-2-4-10-17/h5-7,12,16H,2-4,8-11H2,1H3. The molecule has 1 aromatic rings. The van der Waals surface area contributed by atoms with Gasteiger partial charge in [-0.2, -0.15) is 0 Å². The first-order valence-electron chi connectivity index (χ1n) is 7.32. The second kappa shape index (κ2) is 7.15. The van der Waals surface area contributed by atoms with Gasteiger partial charge in [0.1, 0.15) is 0 Å². The minimum Gasteiger partial charge on any atom is -0.302 e. The van der Waals surface area contributed by atoms with Gasteiger partial charge in [-0.15, -0.1) is 0 Å². The van der Waals surface area contributed by atoms with Crippen LogP contribution in [-0.4, -0.2) is 45.3 Å². The van der Waals surface area contributed by atoms with Gasteiger partial charge < -0.3 is 4.90 Å². The maximum absolute atomic E-state index is 12.2. The van der Waals surface area contributed by atoms with Crippen LogP contribution in [0, 0.1) is 0 Å². The van der Waals surface area contributed by atoms with Crippen LogP contribution in [0.25, 0.3) is 0 Å². The Morgan fingerprint density at radius 1 is 1.24 bits per heavy atom. The van der Waals surface area contributed by atoms with E-state index in [2.05, 4.69) is 9.62 Å². The number of carbonyl (C=O) groups excluding carboxylic acids is 1. The van der Waals surface area contributed by atoms with Crippen LogP contribution in [0.15, 0.2) is 29.2 Å². The third-order valence-electron chi connectivity index (χ3n) is 3.72. The number of nitrogens with one attached hydrogen (secondary N) is 1.